The highest BCUT2D eigenvalue weighted by molar-refractivity contribution is 5.96. The van der Waals surface area contributed by atoms with Gasteiger partial charge in [0.05, 0.1) is 0 Å². The molecule has 1 saturated heterocycles. The van der Waals surface area contributed by atoms with Crippen molar-refractivity contribution in [2.24, 2.45) is 5.84 Å². The molecule has 2 heterocycles. The molecular formula is C26H30N6O4. The van der Waals surface area contributed by atoms with E-state index >= 15 is 0 Å². The number of nitrogens with one attached hydrogen (secondary N) is 1. The van der Waals surface area contributed by atoms with E-state index in [2.05, 4.69) is 15.6 Å². The fourth-order valence-corrected chi connectivity index (χ4v) is 4.16. The van der Waals surface area contributed by atoms with Crippen LogP contribution in [0.2, 0.25) is 0 Å². The maximum Gasteiger partial charge on any atom is 0.410 e. The number of rotatable bonds is 4. The normalized spacial score (nSPS) is 14.0. The van der Waals surface area contributed by atoms with Gasteiger partial charge in [-0.1, -0.05) is 42.5 Å². The van der Waals surface area contributed by atoms with E-state index in [-0.39, 0.29) is 17.3 Å². The number of nitrogens with two attached hydrogens (primary N) is 1. The third-order valence-electron chi connectivity index (χ3n) is 5.92. The molecule has 188 valence electrons. The molecule has 3 amide bonds. The van der Waals surface area contributed by atoms with Gasteiger partial charge in [0.2, 0.25) is 0 Å². The Morgan fingerprint density at radius 1 is 0.944 bits per heavy atom. The Balaban J connectivity index is 1.55. The molecule has 1 aliphatic heterocycles. The number of fused-ring (bicyclic) bond motifs is 1. The monoisotopic (exact) mass is 490 g/mol. The molecule has 0 bridgehead atoms. The van der Waals surface area contributed by atoms with Crippen molar-refractivity contribution in [1.82, 2.24) is 25.4 Å². The highest BCUT2D eigenvalue weighted by Gasteiger charge is 2.29. The zero-order chi connectivity index (χ0) is 25.9. The minimum absolute atomic E-state index is 0.0664. The van der Waals surface area contributed by atoms with Crippen LogP contribution >= 0.6 is 0 Å². The van der Waals surface area contributed by atoms with E-state index in [4.69, 9.17) is 10.6 Å². The number of piperazine rings is 1. The van der Waals surface area contributed by atoms with Crippen molar-refractivity contribution in [1.29, 1.82) is 0 Å². The summed E-state index contributed by atoms with van der Waals surface area (Å²) < 4.78 is 5.42. The fourth-order valence-electron chi connectivity index (χ4n) is 4.16. The van der Waals surface area contributed by atoms with Crippen molar-refractivity contribution in [3.8, 4) is 0 Å². The standard InChI is InChI=1S/C26H30N6O4/c1-26(2,3)36-25(35)32-13-11-31(12-14-32)24(34)21-16-19(22(30-29-21)23(33)28-27)15-18-9-6-8-17-7-4-5-10-20(17)18/h4-10,16H,11-15,27H2,1-3H3,(H,28,33). The quantitative estimate of drug-likeness (QED) is 0.326. The molecule has 1 aromatic heterocycles. The number of benzene rings is 2. The second-order valence-electron chi connectivity index (χ2n) is 9.65. The molecule has 0 saturated carbocycles. The Hall–Kier alpha value is -4.05. The summed E-state index contributed by atoms with van der Waals surface area (Å²) >= 11 is 0. The number of hydrogen-bond donors (Lipinski definition) is 2. The van der Waals surface area contributed by atoms with Gasteiger partial charge in [-0.2, -0.15) is 0 Å². The Morgan fingerprint density at radius 2 is 1.61 bits per heavy atom. The molecule has 0 atom stereocenters. The van der Waals surface area contributed by atoms with Crippen molar-refractivity contribution in [2.45, 2.75) is 32.8 Å². The van der Waals surface area contributed by atoms with Crippen LogP contribution in [0.15, 0.2) is 48.5 Å². The number of amides is 3. The summed E-state index contributed by atoms with van der Waals surface area (Å²) in [6, 6.07) is 15.5. The number of nitrogens with zero attached hydrogens (tertiary/aromatic N) is 4. The maximum atomic E-state index is 13.2. The molecule has 36 heavy (non-hydrogen) atoms. The molecular weight excluding hydrogens is 460 g/mol. The van der Waals surface area contributed by atoms with Gasteiger partial charge >= 0.3 is 6.09 Å². The lowest BCUT2D eigenvalue weighted by Crippen LogP contribution is -2.51. The molecule has 0 aliphatic carbocycles. The zero-order valence-electron chi connectivity index (χ0n) is 20.7. The molecule has 4 rings (SSSR count). The third-order valence-corrected chi connectivity index (χ3v) is 5.92. The summed E-state index contributed by atoms with van der Waals surface area (Å²) in [5, 5.41) is 10.2. The van der Waals surface area contributed by atoms with Crippen LogP contribution in [0.4, 0.5) is 4.79 Å². The number of ether oxygens (including phenoxy) is 1. The Kier molecular flexibility index (Phi) is 7.16. The summed E-state index contributed by atoms with van der Waals surface area (Å²) in [7, 11) is 0. The van der Waals surface area contributed by atoms with Crippen LogP contribution in [0, 0.1) is 0 Å². The lowest BCUT2D eigenvalue weighted by molar-refractivity contribution is 0.0140. The average molecular weight is 491 g/mol. The predicted molar refractivity (Wildman–Crippen MR) is 134 cm³/mol. The number of hydrazine groups is 1. The van der Waals surface area contributed by atoms with Crippen LogP contribution in [0.1, 0.15) is 52.9 Å². The highest BCUT2D eigenvalue weighted by Crippen LogP contribution is 2.23. The molecule has 0 spiro atoms. The highest BCUT2D eigenvalue weighted by atomic mass is 16.6. The van der Waals surface area contributed by atoms with Crippen LogP contribution in [0.5, 0.6) is 0 Å². The summed E-state index contributed by atoms with van der Waals surface area (Å²) in [4.78, 5) is 41.2. The summed E-state index contributed by atoms with van der Waals surface area (Å²) in [5.41, 5.74) is 3.24. The lowest BCUT2D eigenvalue weighted by Gasteiger charge is -2.35. The predicted octanol–water partition coefficient (Wildman–Crippen LogP) is 2.52. The third kappa shape index (κ3) is 5.60. The number of carbonyl (C=O) groups is 3. The van der Waals surface area contributed by atoms with Crippen molar-refractivity contribution in [3.63, 3.8) is 0 Å². The van der Waals surface area contributed by atoms with E-state index in [1.54, 1.807) is 15.9 Å². The largest absolute Gasteiger partial charge is 0.444 e. The van der Waals surface area contributed by atoms with Gasteiger partial charge in [-0.3, -0.25) is 15.0 Å². The van der Waals surface area contributed by atoms with E-state index in [9.17, 15) is 14.4 Å². The van der Waals surface area contributed by atoms with Crippen LogP contribution in [-0.4, -0.2) is 69.7 Å². The van der Waals surface area contributed by atoms with Crippen molar-refractivity contribution in [2.75, 3.05) is 26.2 Å². The van der Waals surface area contributed by atoms with E-state index in [1.807, 2.05) is 63.2 Å². The SMILES string of the molecule is CC(C)(C)OC(=O)N1CCN(C(=O)c2cc(Cc3cccc4ccccc34)c(C(=O)NN)nn2)CC1. The topological polar surface area (TPSA) is 131 Å². The fraction of sp³-hybridized carbons (Fsp3) is 0.346. The maximum absolute atomic E-state index is 13.2. The Labute approximate surface area is 209 Å². The van der Waals surface area contributed by atoms with Crippen LogP contribution in [-0.2, 0) is 11.2 Å². The number of nitrogen functional groups attached to an aromatic ring is 1. The van der Waals surface area contributed by atoms with E-state index in [1.165, 1.54) is 0 Å². The first-order chi connectivity index (χ1) is 17.2. The van der Waals surface area contributed by atoms with Gasteiger partial charge < -0.3 is 14.5 Å². The van der Waals surface area contributed by atoms with Gasteiger partial charge in [-0.05, 0) is 48.7 Å². The second kappa shape index (κ2) is 10.3. The molecule has 10 heteroatoms. The molecule has 3 aromatic rings. The van der Waals surface area contributed by atoms with E-state index in [0.29, 0.717) is 38.2 Å². The summed E-state index contributed by atoms with van der Waals surface area (Å²) in [5.74, 6) is 4.47. The first-order valence-corrected chi connectivity index (χ1v) is 11.8. The van der Waals surface area contributed by atoms with Gasteiger partial charge in [0.1, 0.15) is 5.60 Å². The van der Waals surface area contributed by atoms with Crippen molar-refractivity contribution < 1.29 is 19.1 Å². The number of aromatic nitrogens is 2. The van der Waals surface area contributed by atoms with Crippen molar-refractivity contribution in [3.05, 3.63) is 71.0 Å². The smallest absolute Gasteiger partial charge is 0.410 e. The van der Waals surface area contributed by atoms with E-state index < -0.39 is 17.6 Å². The van der Waals surface area contributed by atoms with E-state index in [0.717, 1.165) is 16.3 Å². The van der Waals surface area contributed by atoms with Crippen molar-refractivity contribution >= 4 is 28.7 Å². The van der Waals surface area contributed by atoms with Gasteiger partial charge in [0, 0.05) is 32.6 Å². The summed E-state index contributed by atoms with van der Waals surface area (Å²) in [6.45, 7) is 6.82. The zero-order valence-corrected chi connectivity index (χ0v) is 20.7. The minimum atomic E-state index is -0.586. The molecule has 0 unspecified atom stereocenters. The molecule has 3 N–H and O–H groups in total. The molecule has 1 aliphatic rings. The average Bonchev–Trinajstić information content (AvgIpc) is 2.87. The van der Waals surface area contributed by atoms with Gasteiger partial charge in [0.15, 0.2) is 11.4 Å². The number of hydrogen-bond acceptors (Lipinski definition) is 7. The number of carbonyl (C=O) groups excluding carboxylic acids is 3. The first-order valence-electron chi connectivity index (χ1n) is 11.8. The Morgan fingerprint density at radius 3 is 2.31 bits per heavy atom. The summed E-state index contributed by atoms with van der Waals surface area (Å²) in [6.07, 6.45) is -0.0318. The molecule has 10 nitrogen and oxygen atoms in total. The molecule has 2 aromatic carbocycles. The second-order valence-corrected chi connectivity index (χ2v) is 9.65. The van der Waals surface area contributed by atoms with Gasteiger partial charge in [-0.15, -0.1) is 10.2 Å². The molecule has 1 fully saturated rings. The minimum Gasteiger partial charge on any atom is -0.444 e. The van der Waals surface area contributed by atoms with Crippen LogP contribution in [0.3, 0.4) is 0 Å². The molecule has 0 radical (unpaired) electrons. The first kappa shape index (κ1) is 25.1. The van der Waals surface area contributed by atoms with Crippen LogP contribution in [0.25, 0.3) is 10.8 Å². The Bertz CT molecular complexity index is 1290. The lowest BCUT2D eigenvalue weighted by atomic mass is 9.97. The van der Waals surface area contributed by atoms with Gasteiger partial charge in [0.25, 0.3) is 11.8 Å². The van der Waals surface area contributed by atoms with Crippen LogP contribution < -0.4 is 11.3 Å². The van der Waals surface area contributed by atoms with Gasteiger partial charge in [-0.25, -0.2) is 10.6 Å².